The largest absolute Gasteiger partial charge is 0.497 e. The van der Waals surface area contributed by atoms with Crippen molar-refractivity contribution in [3.63, 3.8) is 0 Å². The van der Waals surface area contributed by atoms with Gasteiger partial charge in [0, 0.05) is 13.2 Å². The minimum atomic E-state index is -3.94. The van der Waals surface area contributed by atoms with Crippen molar-refractivity contribution in [2.45, 2.75) is 11.8 Å². The van der Waals surface area contributed by atoms with Crippen LogP contribution in [-0.2, 0) is 10.0 Å². The van der Waals surface area contributed by atoms with Crippen molar-refractivity contribution >= 4 is 27.4 Å². The van der Waals surface area contributed by atoms with Crippen molar-refractivity contribution in [2.75, 3.05) is 23.8 Å². The summed E-state index contributed by atoms with van der Waals surface area (Å²) < 4.78 is 39.5. The van der Waals surface area contributed by atoms with Gasteiger partial charge < -0.3 is 9.47 Å². The van der Waals surface area contributed by atoms with Gasteiger partial charge >= 0.3 is 0 Å². The molecule has 154 valence electrons. The zero-order valence-electron chi connectivity index (χ0n) is 16.5. The van der Waals surface area contributed by atoms with E-state index in [1.165, 1.54) is 30.2 Å². The van der Waals surface area contributed by atoms with Crippen LogP contribution >= 0.6 is 0 Å². The third kappa shape index (κ3) is 3.43. The number of amides is 1. The highest BCUT2D eigenvalue weighted by atomic mass is 32.2. The Bertz CT molecular complexity index is 1260. The monoisotopic (exact) mass is 425 g/mol. The summed E-state index contributed by atoms with van der Waals surface area (Å²) in [5, 5.41) is 0. The number of methoxy groups -OCH3 is 1. The van der Waals surface area contributed by atoms with E-state index in [1.807, 2.05) is 0 Å². The van der Waals surface area contributed by atoms with Crippen molar-refractivity contribution in [1.29, 1.82) is 0 Å². The number of hydrogen-bond acceptors (Lipinski definition) is 6. The normalized spacial score (nSPS) is 13.0. The number of aryl methyl sites for hydroxylation is 1. The second kappa shape index (κ2) is 7.34. The first-order valence-electron chi connectivity index (χ1n) is 9.02. The Hall–Kier alpha value is -3.59. The molecular formula is C21H19N3O5S. The average Bonchev–Trinajstić information content (AvgIpc) is 2.84. The second-order valence-electron chi connectivity index (χ2n) is 6.74. The van der Waals surface area contributed by atoms with Crippen LogP contribution in [0.1, 0.15) is 15.9 Å². The van der Waals surface area contributed by atoms with Crippen LogP contribution in [0.4, 0.5) is 11.5 Å². The molecule has 1 N–H and O–H groups in total. The molecule has 8 nitrogen and oxygen atoms in total. The molecule has 0 fully saturated rings. The van der Waals surface area contributed by atoms with Gasteiger partial charge in [0.2, 0.25) is 0 Å². The van der Waals surface area contributed by atoms with Crippen LogP contribution in [0.5, 0.6) is 17.2 Å². The van der Waals surface area contributed by atoms with E-state index in [-0.39, 0.29) is 16.2 Å². The van der Waals surface area contributed by atoms with E-state index in [0.717, 1.165) is 0 Å². The standard InChI is InChI=1S/C21H19N3O5S/c1-13-11-14(28-3)6-8-17(13)23-30(26,27)15-7-9-18-16(12-15)21(25)24(2)20-19(29-18)5-4-10-22-20/h4-12,23H,1-3H3. The van der Waals surface area contributed by atoms with Gasteiger partial charge in [-0.25, -0.2) is 13.4 Å². The van der Waals surface area contributed by atoms with Crippen LogP contribution in [0.25, 0.3) is 0 Å². The fraction of sp³-hybridized carbons (Fsp3) is 0.143. The van der Waals surface area contributed by atoms with Gasteiger partial charge in [-0.1, -0.05) is 0 Å². The number of benzene rings is 2. The van der Waals surface area contributed by atoms with Gasteiger partial charge in [-0.05, 0) is 61.0 Å². The molecule has 0 bridgehead atoms. The van der Waals surface area contributed by atoms with Crippen molar-refractivity contribution < 1.29 is 22.7 Å². The van der Waals surface area contributed by atoms with Crippen molar-refractivity contribution in [1.82, 2.24) is 4.98 Å². The summed E-state index contributed by atoms with van der Waals surface area (Å²) in [4.78, 5) is 18.4. The van der Waals surface area contributed by atoms with E-state index < -0.39 is 15.9 Å². The van der Waals surface area contributed by atoms with Crippen molar-refractivity contribution in [2.24, 2.45) is 0 Å². The minimum Gasteiger partial charge on any atom is -0.497 e. The molecule has 0 saturated carbocycles. The maximum Gasteiger partial charge on any atom is 0.263 e. The number of carbonyl (C=O) groups excluding carboxylic acids is 1. The number of ether oxygens (including phenoxy) is 2. The highest BCUT2D eigenvalue weighted by Gasteiger charge is 2.28. The first-order valence-corrected chi connectivity index (χ1v) is 10.5. The molecule has 0 spiro atoms. The molecule has 0 unspecified atom stereocenters. The number of nitrogens with zero attached hydrogens (tertiary/aromatic N) is 2. The predicted octanol–water partition coefficient (Wildman–Crippen LogP) is 3.58. The van der Waals surface area contributed by atoms with Crippen LogP contribution < -0.4 is 19.1 Å². The molecular weight excluding hydrogens is 406 g/mol. The van der Waals surface area contributed by atoms with Crippen LogP contribution in [0.15, 0.2) is 59.6 Å². The van der Waals surface area contributed by atoms with E-state index in [1.54, 1.807) is 50.5 Å². The zero-order valence-corrected chi connectivity index (χ0v) is 17.4. The summed E-state index contributed by atoms with van der Waals surface area (Å²) in [7, 11) is -0.840. The Balaban J connectivity index is 1.71. The Morgan fingerprint density at radius 1 is 1.10 bits per heavy atom. The quantitative estimate of drug-likeness (QED) is 0.686. The summed E-state index contributed by atoms with van der Waals surface area (Å²) in [6.07, 6.45) is 1.55. The molecule has 1 aliphatic rings. The number of rotatable bonds is 4. The van der Waals surface area contributed by atoms with Gasteiger partial charge in [-0.3, -0.25) is 14.4 Å². The molecule has 1 aliphatic heterocycles. The number of fused-ring (bicyclic) bond motifs is 2. The van der Waals surface area contributed by atoms with Crippen LogP contribution in [0.2, 0.25) is 0 Å². The minimum absolute atomic E-state index is 0.0549. The van der Waals surface area contributed by atoms with Gasteiger partial charge in [-0.15, -0.1) is 0 Å². The second-order valence-corrected chi connectivity index (χ2v) is 8.42. The lowest BCUT2D eigenvalue weighted by Crippen LogP contribution is -2.26. The molecule has 3 aromatic rings. The fourth-order valence-electron chi connectivity index (χ4n) is 3.12. The number of anilines is 2. The number of aromatic nitrogens is 1. The molecule has 0 atom stereocenters. The molecule has 2 aromatic carbocycles. The van der Waals surface area contributed by atoms with Crippen LogP contribution in [0, 0.1) is 6.92 Å². The third-order valence-corrected chi connectivity index (χ3v) is 6.13. The van der Waals surface area contributed by atoms with Gasteiger partial charge in [-0.2, -0.15) is 0 Å². The maximum atomic E-state index is 13.0. The predicted molar refractivity (Wildman–Crippen MR) is 112 cm³/mol. The number of hydrogen-bond donors (Lipinski definition) is 1. The molecule has 0 radical (unpaired) electrons. The van der Waals surface area contributed by atoms with Gasteiger partial charge in [0.25, 0.3) is 15.9 Å². The fourth-order valence-corrected chi connectivity index (χ4v) is 4.28. The molecule has 30 heavy (non-hydrogen) atoms. The lowest BCUT2D eigenvalue weighted by Gasteiger charge is -2.15. The lowest BCUT2D eigenvalue weighted by atomic mass is 10.2. The highest BCUT2D eigenvalue weighted by Crippen LogP contribution is 2.37. The van der Waals surface area contributed by atoms with Crippen molar-refractivity contribution in [3.05, 3.63) is 65.9 Å². The lowest BCUT2D eigenvalue weighted by molar-refractivity contribution is 0.0992. The van der Waals surface area contributed by atoms with Crippen LogP contribution in [0.3, 0.4) is 0 Å². The van der Waals surface area contributed by atoms with Gasteiger partial charge in [0.1, 0.15) is 11.5 Å². The first-order chi connectivity index (χ1) is 14.3. The average molecular weight is 425 g/mol. The van der Waals surface area contributed by atoms with E-state index >= 15 is 0 Å². The molecule has 4 rings (SSSR count). The number of carbonyl (C=O) groups is 1. The molecule has 0 aliphatic carbocycles. The Morgan fingerprint density at radius 2 is 1.90 bits per heavy atom. The Kier molecular flexibility index (Phi) is 4.83. The number of sulfonamides is 1. The smallest absolute Gasteiger partial charge is 0.263 e. The van der Waals surface area contributed by atoms with E-state index in [4.69, 9.17) is 9.47 Å². The van der Waals surface area contributed by atoms with Gasteiger partial charge in [0.15, 0.2) is 11.6 Å². The van der Waals surface area contributed by atoms with E-state index in [2.05, 4.69) is 9.71 Å². The van der Waals surface area contributed by atoms with E-state index in [0.29, 0.717) is 28.6 Å². The highest BCUT2D eigenvalue weighted by molar-refractivity contribution is 7.92. The molecule has 1 aromatic heterocycles. The number of nitrogens with one attached hydrogen (secondary N) is 1. The van der Waals surface area contributed by atoms with Crippen molar-refractivity contribution in [3.8, 4) is 17.2 Å². The Morgan fingerprint density at radius 3 is 2.63 bits per heavy atom. The molecule has 0 saturated heterocycles. The summed E-state index contributed by atoms with van der Waals surface area (Å²) in [5.41, 5.74) is 1.25. The summed E-state index contributed by atoms with van der Waals surface area (Å²) in [6.45, 7) is 1.77. The Labute approximate surface area is 174 Å². The molecule has 2 heterocycles. The first kappa shape index (κ1) is 19.7. The zero-order chi connectivity index (χ0) is 21.5. The SMILES string of the molecule is COc1ccc(NS(=O)(=O)c2ccc3c(c2)C(=O)N(C)c2ncccc2O3)c(C)c1. The number of pyridine rings is 1. The topological polar surface area (TPSA) is 97.8 Å². The summed E-state index contributed by atoms with van der Waals surface area (Å²) >= 11 is 0. The third-order valence-electron chi connectivity index (χ3n) is 4.76. The van der Waals surface area contributed by atoms with Gasteiger partial charge in [0.05, 0.1) is 23.3 Å². The molecule has 9 heteroatoms. The molecule has 1 amide bonds. The maximum absolute atomic E-state index is 13.0. The summed E-state index contributed by atoms with van der Waals surface area (Å²) in [5.74, 6) is 1.24. The summed E-state index contributed by atoms with van der Waals surface area (Å²) in [6, 6.07) is 12.6. The van der Waals surface area contributed by atoms with E-state index in [9.17, 15) is 13.2 Å². The van der Waals surface area contributed by atoms with Crippen LogP contribution in [-0.4, -0.2) is 33.5 Å².